The fourth-order valence-electron chi connectivity index (χ4n) is 4.23. The number of nitrogen functional groups attached to an aromatic ring is 1. The lowest BCUT2D eigenvalue weighted by atomic mass is 9.91. The summed E-state index contributed by atoms with van der Waals surface area (Å²) in [6, 6.07) is 5.45. The van der Waals surface area contributed by atoms with Gasteiger partial charge in [-0.2, -0.15) is 4.98 Å². The molecule has 5 N–H and O–H groups in total. The van der Waals surface area contributed by atoms with E-state index >= 15 is 0 Å². The summed E-state index contributed by atoms with van der Waals surface area (Å²) in [5.74, 6) is -1.72. The highest BCUT2D eigenvalue weighted by atomic mass is 19.1. The van der Waals surface area contributed by atoms with E-state index in [-0.39, 0.29) is 23.0 Å². The summed E-state index contributed by atoms with van der Waals surface area (Å²) >= 11 is 0. The molecule has 1 aliphatic heterocycles. The van der Waals surface area contributed by atoms with Crippen molar-refractivity contribution < 1.29 is 28.2 Å². The van der Waals surface area contributed by atoms with Gasteiger partial charge in [0.1, 0.15) is 11.9 Å². The Kier molecular flexibility index (Phi) is 10.0. The van der Waals surface area contributed by atoms with Crippen LogP contribution in [-0.4, -0.2) is 58.8 Å². The van der Waals surface area contributed by atoms with Crippen LogP contribution in [0.1, 0.15) is 62.0 Å². The Morgan fingerprint density at radius 2 is 1.74 bits per heavy atom. The van der Waals surface area contributed by atoms with E-state index in [1.807, 2.05) is 0 Å². The SMILES string of the molecule is CC(C)OC(=O)[C@H](F)C[C@H](NC(=O)c1ccc(CCC2CNc3nc(N)[nH]c(=O)c3C2)cc1)C(=O)OC(C)C. The molecule has 0 fully saturated rings. The summed E-state index contributed by atoms with van der Waals surface area (Å²) in [6.07, 6.45) is -1.62. The van der Waals surface area contributed by atoms with E-state index in [9.17, 15) is 23.6 Å². The van der Waals surface area contributed by atoms with Crippen molar-refractivity contribution in [3.05, 3.63) is 51.3 Å². The first-order valence-electron chi connectivity index (χ1n) is 13.0. The molecule has 212 valence electrons. The van der Waals surface area contributed by atoms with Gasteiger partial charge in [0.05, 0.1) is 17.8 Å². The van der Waals surface area contributed by atoms with Crippen LogP contribution in [0.4, 0.5) is 16.2 Å². The largest absolute Gasteiger partial charge is 0.461 e. The number of halogens is 1. The zero-order valence-electron chi connectivity index (χ0n) is 22.6. The van der Waals surface area contributed by atoms with E-state index in [2.05, 4.69) is 20.6 Å². The number of amides is 1. The summed E-state index contributed by atoms with van der Waals surface area (Å²) in [7, 11) is 0. The second kappa shape index (κ2) is 13.2. The number of aromatic nitrogens is 2. The van der Waals surface area contributed by atoms with Crippen LogP contribution in [0.15, 0.2) is 29.1 Å². The van der Waals surface area contributed by atoms with Gasteiger partial charge < -0.3 is 25.8 Å². The molecule has 1 amide bonds. The number of carbonyl (C=O) groups excluding carboxylic acids is 3. The summed E-state index contributed by atoms with van der Waals surface area (Å²) in [4.78, 5) is 56.1. The molecule has 1 aromatic carbocycles. The van der Waals surface area contributed by atoms with E-state index in [1.165, 1.54) is 0 Å². The Hall–Kier alpha value is -3.96. The molecule has 0 saturated carbocycles. The van der Waals surface area contributed by atoms with Crippen LogP contribution in [0, 0.1) is 5.92 Å². The van der Waals surface area contributed by atoms with E-state index in [0.29, 0.717) is 30.8 Å². The molecule has 0 bridgehead atoms. The number of nitrogens with one attached hydrogen (secondary N) is 3. The molecule has 2 heterocycles. The summed E-state index contributed by atoms with van der Waals surface area (Å²) < 4.78 is 24.5. The maximum absolute atomic E-state index is 14.5. The Balaban J connectivity index is 1.59. The highest BCUT2D eigenvalue weighted by molar-refractivity contribution is 5.97. The second-order valence-electron chi connectivity index (χ2n) is 10.2. The van der Waals surface area contributed by atoms with Crippen LogP contribution in [0.3, 0.4) is 0 Å². The van der Waals surface area contributed by atoms with Crippen LogP contribution >= 0.6 is 0 Å². The summed E-state index contributed by atoms with van der Waals surface area (Å²) in [6.45, 7) is 7.09. The predicted molar refractivity (Wildman–Crippen MR) is 143 cm³/mol. The number of fused-ring (bicyclic) bond motifs is 1. The number of aryl methyl sites for hydroxylation is 1. The standard InChI is InChI=1S/C27H36FN5O6/c1-14(2)38-25(36)20(28)12-21(26(37)39-15(3)4)31-23(34)18-9-7-16(8-10-18)5-6-17-11-19-22(30-13-17)32-27(29)33-24(19)35/h7-10,14-15,17,20-21H,5-6,11-13H2,1-4H3,(H,31,34)(H4,29,30,32,33,35)/t17?,20-,21+/m1/s1. The molecule has 2 aromatic rings. The number of hydrogen-bond acceptors (Lipinski definition) is 9. The molecule has 0 saturated heterocycles. The van der Waals surface area contributed by atoms with Gasteiger partial charge in [-0.3, -0.25) is 14.6 Å². The molecule has 0 aliphatic carbocycles. The van der Waals surface area contributed by atoms with Crippen LogP contribution < -0.4 is 21.9 Å². The van der Waals surface area contributed by atoms with E-state index in [4.69, 9.17) is 15.2 Å². The molecule has 1 aromatic heterocycles. The van der Waals surface area contributed by atoms with Crippen molar-refractivity contribution in [3.63, 3.8) is 0 Å². The van der Waals surface area contributed by atoms with E-state index < -0.39 is 48.7 Å². The van der Waals surface area contributed by atoms with Crippen molar-refractivity contribution in [3.8, 4) is 0 Å². The maximum Gasteiger partial charge on any atom is 0.341 e. The first kappa shape index (κ1) is 29.6. The summed E-state index contributed by atoms with van der Waals surface area (Å²) in [5.41, 5.74) is 7.20. The normalized spacial score (nSPS) is 16.1. The monoisotopic (exact) mass is 545 g/mol. The molecule has 1 aliphatic rings. The Bertz CT molecular complexity index is 1230. The van der Waals surface area contributed by atoms with Crippen molar-refractivity contribution in [1.82, 2.24) is 15.3 Å². The Morgan fingerprint density at radius 3 is 2.38 bits per heavy atom. The van der Waals surface area contributed by atoms with Crippen LogP contribution in [0.2, 0.25) is 0 Å². The van der Waals surface area contributed by atoms with Gasteiger partial charge in [0.2, 0.25) is 5.95 Å². The number of hydrogen-bond donors (Lipinski definition) is 4. The molecule has 0 radical (unpaired) electrons. The van der Waals surface area contributed by atoms with Crippen molar-refractivity contribution in [1.29, 1.82) is 0 Å². The molecular formula is C27H36FN5O6. The minimum Gasteiger partial charge on any atom is -0.461 e. The van der Waals surface area contributed by atoms with Crippen molar-refractivity contribution in [2.24, 2.45) is 5.92 Å². The highest BCUT2D eigenvalue weighted by Crippen LogP contribution is 2.23. The number of nitrogens with zero attached hydrogens (tertiary/aromatic N) is 1. The van der Waals surface area contributed by atoms with Crippen LogP contribution in [0.25, 0.3) is 0 Å². The second-order valence-corrected chi connectivity index (χ2v) is 10.2. The molecule has 11 nitrogen and oxygen atoms in total. The zero-order chi connectivity index (χ0) is 28.7. The minimum absolute atomic E-state index is 0.0788. The smallest absolute Gasteiger partial charge is 0.341 e. The van der Waals surface area contributed by atoms with Crippen molar-refractivity contribution >= 4 is 29.6 Å². The van der Waals surface area contributed by atoms with Gasteiger partial charge in [-0.1, -0.05) is 12.1 Å². The van der Waals surface area contributed by atoms with Crippen molar-refractivity contribution in [2.75, 3.05) is 17.6 Å². The maximum atomic E-state index is 14.5. The fraction of sp³-hybridized carbons (Fsp3) is 0.519. The van der Waals surface area contributed by atoms with E-state index in [1.54, 1.807) is 52.0 Å². The third kappa shape index (κ3) is 8.52. The molecule has 12 heteroatoms. The van der Waals surface area contributed by atoms with Crippen LogP contribution in [0.5, 0.6) is 0 Å². The van der Waals surface area contributed by atoms with Gasteiger partial charge in [-0.15, -0.1) is 0 Å². The molecule has 39 heavy (non-hydrogen) atoms. The van der Waals surface area contributed by atoms with Gasteiger partial charge in [0.25, 0.3) is 11.5 Å². The zero-order valence-corrected chi connectivity index (χ0v) is 22.6. The number of aromatic amines is 1. The quantitative estimate of drug-likeness (QED) is 0.310. The van der Waals surface area contributed by atoms with Crippen molar-refractivity contribution in [2.45, 2.75) is 77.8 Å². The number of benzene rings is 1. The van der Waals surface area contributed by atoms with Gasteiger partial charge in [0.15, 0.2) is 6.17 Å². The lowest BCUT2D eigenvalue weighted by Gasteiger charge is -2.24. The minimum atomic E-state index is -2.11. The van der Waals surface area contributed by atoms with Crippen LogP contribution in [-0.2, 0) is 31.9 Å². The predicted octanol–water partition coefficient (Wildman–Crippen LogP) is 2.30. The molecule has 3 atom stereocenters. The number of carbonyl (C=O) groups is 3. The number of H-pyrrole nitrogens is 1. The van der Waals surface area contributed by atoms with E-state index in [0.717, 1.165) is 12.0 Å². The lowest BCUT2D eigenvalue weighted by Crippen LogP contribution is -2.45. The lowest BCUT2D eigenvalue weighted by molar-refractivity contribution is -0.155. The summed E-state index contributed by atoms with van der Waals surface area (Å²) in [5, 5.41) is 5.65. The molecule has 1 unspecified atom stereocenters. The Morgan fingerprint density at radius 1 is 1.10 bits per heavy atom. The first-order valence-corrected chi connectivity index (χ1v) is 13.0. The molecular weight excluding hydrogens is 509 g/mol. The number of rotatable bonds is 11. The number of alkyl halides is 1. The molecule has 0 spiro atoms. The average Bonchev–Trinajstić information content (AvgIpc) is 2.86. The van der Waals surface area contributed by atoms with Gasteiger partial charge in [-0.25, -0.2) is 14.0 Å². The molecule has 3 rings (SSSR count). The average molecular weight is 546 g/mol. The third-order valence-electron chi connectivity index (χ3n) is 6.13. The number of esters is 2. The number of nitrogens with two attached hydrogens (primary N) is 1. The number of ether oxygens (including phenoxy) is 2. The van der Waals surface area contributed by atoms with Gasteiger partial charge in [0, 0.05) is 18.5 Å². The fourth-order valence-corrected chi connectivity index (χ4v) is 4.23. The van der Waals surface area contributed by atoms with Gasteiger partial charge in [-0.05, 0) is 70.6 Å². The Labute approximate surface area is 226 Å². The van der Waals surface area contributed by atoms with Gasteiger partial charge >= 0.3 is 11.9 Å². The topological polar surface area (TPSA) is 165 Å². The highest BCUT2D eigenvalue weighted by Gasteiger charge is 2.32. The number of anilines is 2. The third-order valence-corrected chi connectivity index (χ3v) is 6.13. The first-order chi connectivity index (χ1) is 18.4.